The molecule has 2 aromatic carbocycles. The van der Waals surface area contributed by atoms with Crippen LogP contribution in [0.25, 0.3) is 17.5 Å². The lowest BCUT2D eigenvalue weighted by molar-refractivity contribution is -0.139. The molecule has 0 radical (unpaired) electrons. The summed E-state index contributed by atoms with van der Waals surface area (Å²) in [6.07, 6.45) is 3.90. The monoisotopic (exact) mass is 408 g/mol. The van der Waals surface area contributed by atoms with Gasteiger partial charge in [0, 0.05) is 11.6 Å². The van der Waals surface area contributed by atoms with Gasteiger partial charge in [-0.3, -0.25) is 0 Å². The first-order valence-electron chi connectivity index (χ1n) is 9.82. The van der Waals surface area contributed by atoms with Crippen LogP contribution in [0.15, 0.2) is 59.0 Å². The molecule has 0 N–H and O–H groups in total. The second-order valence-electron chi connectivity index (χ2n) is 6.30. The molecule has 0 fully saturated rings. The topological polar surface area (TPSA) is 83.7 Å². The molecule has 0 unspecified atom stereocenters. The van der Waals surface area contributed by atoms with Crippen LogP contribution in [0, 0.1) is 0 Å². The molecule has 0 saturated heterocycles. The molecule has 7 nitrogen and oxygen atoms in total. The van der Waals surface area contributed by atoms with Crippen molar-refractivity contribution in [2.75, 3.05) is 13.2 Å². The highest BCUT2D eigenvalue weighted by Gasteiger charge is 2.10. The molecule has 0 bridgehead atoms. The molecule has 1 heterocycles. The van der Waals surface area contributed by atoms with Crippen LogP contribution in [0.4, 0.5) is 0 Å². The number of hydrogen-bond acceptors (Lipinski definition) is 7. The summed E-state index contributed by atoms with van der Waals surface area (Å²) < 4.78 is 22.0. The maximum absolute atomic E-state index is 12.0. The largest absolute Gasteiger partial charge is 0.490 e. The molecular formula is C23H24N2O5. The van der Waals surface area contributed by atoms with Crippen LogP contribution in [0.1, 0.15) is 31.7 Å². The number of hydrogen-bond donors (Lipinski definition) is 0. The van der Waals surface area contributed by atoms with Crippen molar-refractivity contribution in [2.24, 2.45) is 0 Å². The number of carbonyl (C=O) groups excluding carboxylic acids is 1. The maximum Gasteiger partial charge on any atom is 0.331 e. The Bertz CT molecular complexity index is 982. The molecule has 1 aromatic heterocycles. The van der Waals surface area contributed by atoms with Gasteiger partial charge in [-0.25, -0.2) is 4.79 Å². The molecule has 7 heteroatoms. The van der Waals surface area contributed by atoms with Crippen molar-refractivity contribution in [1.82, 2.24) is 10.2 Å². The van der Waals surface area contributed by atoms with Gasteiger partial charge in [-0.1, -0.05) is 31.2 Å². The van der Waals surface area contributed by atoms with E-state index in [0.29, 0.717) is 30.6 Å². The van der Waals surface area contributed by atoms with Crippen LogP contribution in [-0.2, 0) is 16.1 Å². The van der Waals surface area contributed by atoms with E-state index in [1.54, 1.807) is 6.08 Å². The number of ether oxygens (including phenoxy) is 3. The van der Waals surface area contributed by atoms with Crippen molar-refractivity contribution in [3.8, 4) is 23.0 Å². The average Bonchev–Trinajstić information content (AvgIpc) is 3.25. The lowest BCUT2D eigenvalue weighted by Gasteiger charge is -2.11. The maximum atomic E-state index is 12.0. The van der Waals surface area contributed by atoms with Gasteiger partial charge >= 0.3 is 5.97 Å². The fourth-order valence-corrected chi connectivity index (χ4v) is 2.58. The third-order valence-electron chi connectivity index (χ3n) is 3.97. The van der Waals surface area contributed by atoms with Crippen molar-refractivity contribution >= 4 is 12.0 Å². The van der Waals surface area contributed by atoms with Gasteiger partial charge in [0.05, 0.1) is 13.2 Å². The van der Waals surface area contributed by atoms with Crippen molar-refractivity contribution in [2.45, 2.75) is 26.9 Å². The molecule has 0 aliphatic heterocycles. The van der Waals surface area contributed by atoms with Crippen molar-refractivity contribution < 1.29 is 23.4 Å². The zero-order chi connectivity index (χ0) is 21.2. The summed E-state index contributed by atoms with van der Waals surface area (Å²) in [7, 11) is 0. The molecule has 0 aliphatic carbocycles. The van der Waals surface area contributed by atoms with E-state index in [1.807, 2.05) is 62.4 Å². The number of carbonyl (C=O) groups is 1. The Morgan fingerprint density at radius 2 is 1.87 bits per heavy atom. The van der Waals surface area contributed by atoms with Gasteiger partial charge in [0.25, 0.3) is 5.89 Å². The van der Waals surface area contributed by atoms with Gasteiger partial charge in [-0.2, -0.15) is 0 Å². The SMILES string of the molecule is CCCOc1ccc(/C=C/C(=O)OCc2nnc(-c3ccccc3)o2)cc1OCC. The van der Waals surface area contributed by atoms with Gasteiger partial charge in [0.2, 0.25) is 5.89 Å². The molecule has 3 aromatic rings. The van der Waals surface area contributed by atoms with E-state index >= 15 is 0 Å². The smallest absolute Gasteiger partial charge is 0.331 e. The molecule has 3 rings (SSSR count). The van der Waals surface area contributed by atoms with Gasteiger partial charge in [0.1, 0.15) is 0 Å². The van der Waals surface area contributed by atoms with E-state index < -0.39 is 5.97 Å². The Hall–Kier alpha value is -3.61. The van der Waals surface area contributed by atoms with Gasteiger partial charge in [-0.15, -0.1) is 10.2 Å². The predicted octanol–water partition coefficient (Wildman–Crippen LogP) is 4.68. The highest BCUT2D eigenvalue weighted by atomic mass is 16.5. The van der Waals surface area contributed by atoms with E-state index in [1.165, 1.54) is 6.08 Å². The van der Waals surface area contributed by atoms with Crippen molar-refractivity contribution in [1.29, 1.82) is 0 Å². The van der Waals surface area contributed by atoms with Crippen molar-refractivity contribution in [3.05, 3.63) is 66.1 Å². The highest BCUT2D eigenvalue weighted by molar-refractivity contribution is 5.87. The van der Waals surface area contributed by atoms with Crippen molar-refractivity contribution in [3.63, 3.8) is 0 Å². The molecule has 0 amide bonds. The zero-order valence-corrected chi connectivity index (χ0v) is 17.0. The summed E-state index contributed by atoms with van der Waals surface area (Å²) in [4.78, 5) is 12.0. The summed E-state index contributed by atoms with van der Waals surface area (Å²) >= 11 is 0. The standard InChI is InChI=1S/C23H24N2O5/c1-3-14-28-19-12-10-17(15-20(19)27-4-2)11-13-22(26)29-16-21-24-25-23(30-21)18-8-6-5-7-9-18/h5-13,15H,3-4,14,16H2,1-2H3/b13-11+. The summed E-state index contributed by atoms with van der Waals surface area (Å²) in [5.74, 6) is 1.42. The molecule has 0 atom stereocenters. The van der Waals surface area contributed by atoms with E-state index in [4.69, 9.17) is 18.6 Å². The summed E-state index contributed by atoms with van der Waals surface area (Å²) in [6.45, 7) is 4.98. The number of benzene rings is 2. The molecule has 0 spiro atoms. The number of aromatic nitrogens is 2. The second-order valence-corrected chi connectivity index (χ2v) is 6.30. The lowest BCUT2D eigenvalue weighted by Crippen LogP contribution is -2.01. The predicted molar refractivity (Wildman–Crippen MR) is 112 cm³/mol. The highest BCUT2D eigenvalue weighted by Crippen LogP contribution is 2.29. The zero-order valence-electron chi connectivity index (χ0n) is 17.0. The molecule has 156 valence electrons. The van der Waals surface area contributed by atoms with Crippen LogP contribution in [0.2, 0.25) is 0 Å². The van der Waals surface area contributed by atoms with Crippen LogP contribution in [0.3, 0.4) is 0 Å². The van der Waals surface area contributed by atoms with Crippen LogP contribution in [-0.4, -0.2) is 29.4 Å². The Morgan fingerprint density at radius 1 is 1.03 bits per heavy atom. The number of esters is 1. The summed E-state index contributed by atoms with van der Waals surface area (Å²) in [6, 6.07) is 14.9. The third kappa shape index (κ3) is 5.94. The fraction of sp³-hybridized carbons (Fsp3) is 0.261. The second kappa shape index (κ2) is 10.8. The number of nitrogens with zero attached hydrogens (tertiary/aromatic N) is 2. The van der Waals surface area contributed by atoms with Gasteiger partial charge < -0.3 is 18.6 Å². The Labute approximate surface area is 175 Å². The van der Waals surface area contributed by atoms with E-state index in [2.05, 4.69) is 10.2 Å². The molecule has 0 aliphatic rings. The van der Waals surface area contributed by atoms with E-state index in [0.717, 1.165) is 17.5 Å². The lowest BCUT2D eigenvalue weighted by atomic mass is 10.2. The van der Waals surface area contributed by atoms with Gasteiger partial charge in [0.15, 0.2) is 18.1 Å². The minimum Gasteiger partial charge on any atom is -0.490 e. The van der Waals surface area contributed by atoms with Crippen LogP contribution >= 0.6 is 0 Å². The first-order chi connectivity index (χ1) is 14.7. The van der Waals surface area contributed by atoms with Crippen LogP contribution < -0.4 is 9.47 Å². The van der Waals surface area contributed by atoms with E-state index in [-0.39, 0.29) is 12.5 Å². The summed E-state index contributed by atoms with van der Waals surface area (Å²) in [5.41, 5.74) is 1.60. The Kier molecular flexibility index (Phi) is 7.60. The Balaban J connectivity index is 1.57. The third-order valence-corrected chi connectivity index (χ3v) is 3.97. The normalized spacial score (nSPS) is 10.9. The molecule has 0 saturated carbocycles. The minimum absolute atomic E-state index is 0.100. The molecular weight excluding hydrogens is 384 g/mol. The van der Waals surface area contributed by atoms with Gasteiger partial charge in [-0.05, 0) is 49.2 Å². The fourth-order valence-electron chi connectivity index (χ4n) is 2.58. The first-order valence-corrected chi connectivity index (χ1v) is 9.82. The Morgan fingerprint density at radius 3 is 2.63 bits per heavy atom. The quantitative estimate of drug-likeness (QED) is 0.356. The molecule has 30 heavy (non-hydrogen) atoms. The minimum atomic E-state index is -0.515. The first kappa shape index (κ1) is 21.1. The van der Waals surface area contributed by atoms with E-state index in [9.17, 15) is 4.79 Å². The average molecular weight is 408 g/mol. The number of rotatable bonds is 10. The van der Waals surface area contributed by atoms with Crippen LogP contribution in [0.5, 0.6) is 11.5 Å². The summed E-state index contributed by atoms with van der Waals surface area (Å²) in [5, 5.41) is 7.86.